The normalized spacial score (nSPS) is 17.0. The zero-order valence-electron chi connectivity index (χ0n) is 19.6. The maximum atomic E-state index is 13.0. The number of ether oxygens (including phenoxy) is 1. The number of esters is 1. The fourth-order valence-electron chi connectivity index (χ4n) is 3.91. The third-order valence-electron chi connectivity index (χ3n) is 5.82. The Morgan fingerprint density at radius 3 is 2.21 bits per heavy atom. The lowest BCUT2D eigenvalue weighted by atomic mass is 10.1. The van der Waals surface area contributed by atoms with E-state index in [4.69, 9.17) is 16.3 Å². The number of sulfonamides is 1. The second-order valence-electron chi connectivity index (χ2n) is 8.48. The van der Waals surface area contributed by atoms with Crippen LogP contribution in [0.3, 0.4) is 0 Å². The molecule has 1 N–H and O–H groups in total. The smallest absolute Gasteiger partial charge is 0.307 e. The Kier molecular flexibility index (Phi) is 12.2. The Balaban J connectivity index is 1.75. The van der Waals surface area contributed by atoms with Crippen molar-refractivity contribution in [3.63, 3.8) is 0 Å². The lowest BCUT2D eigenvalue weighted by Gasteiger charge is -2.33. The van der Waals surface area contributed by atoms with Gasteiger partial charge in [-0.2, -0.15) is 4.31 Å². The molecule has 1 atom stereocenters. The van der Waals surface area contributed by atoms with Crippen molar-refractivity contribution in [3.8, 4) is 0 Å². The van der Waals surface area contributed by atoms with Crippen LogP contribution in [0.2, 0.25) is 5.02 Å². The molecule has 1 unspecified atom stereocenters. The number of benzene rings is 1. The number of nitrogens with one attached hydrogen (secondary N) is 1. The maximum Gasteiger partial charge on any atom is 0.307 e. The lowest BCUT2D eigenvalue weighted by molar-refractivity contribution is -0.147. The van der Waals surface area contributed by atoms with Crippen LogP contribution in [-0.2, 0) is 24.3 Å². The average molecular weight is 501 g/mol. The van der Waals surface area contributed by atoms with Crippen LogP contribution in [0.1, 0.15) is 77.6 Å². The van der Waals surface area contributed by atoms with Crippen molar-refractivity contribution in [3.05, 3.63) is 29.3 Å². The molecule has 1 saturated heterocycles. The van der Waals surface area contributed by atoms with E-state index in [0.29, 0.717) is 5.02 Å². The fourth-order valence-corrected chi connectivity index (χ4v) is 5.62. The number of hydrogen-bond donors (Lipinski definition) is 1. The molecule has 1 amide bonds. The Morgan fingerprint density at radius 1 is 1.03 bits per heavy atom. The minimum Gasteiger partial charge on any atom is -0.466 e. The zero-order valence-corrected chi connectivity index (χ0v) is 21.1. The number of piperazine rings is 1. The van der Waals surface area contributed by atoms with E-state index < -0.39 is 27.9 Å². The van der Waals surface area contributed by atoms with Crippen LogP contribution in [-0.4, -0.2) is 50.3 Å². The highest BCUT2D eigenvalue weighted by Gasteiger charge is 2.40. The number of nitrogens with zero attached hydrogens (tertiary/aromatic N) is 1. The molecular formula is C24H37ClN2O5S. The first-order chi connectivity index (χ1) is 15.9. The van der Waals surface area contributed by atoms with Crippen LogP contribution in [0.25, 0.3) is 0 Å². The van der Waals surface area contributed by atoms with E-state index in [2.05, 4.69) is 12.2 Å². The molecule has 1 heterocycles. The molecule has 0 radical (unpaired) electrons. The lowest BCUT2D eigenvalue weighted by Crippen LogP contribution is -2.57. The van der Waals surface area contributed by atoms with E-state index in [9.17, 15) is 18.0 Å². The summed E-state index contributed by atoms with van der Waals surface area (Å²) in [6, 6.07) is 4.62. The van der Waals surface area contributed by atoms with E-state index in [1.54, 1.807) is 0 Å². The minimum absolute atomic E-state index is 0.0327. The summed E-state index contributed by atoms with van der Waals surface area (Å²) >= 11 is 5.85. The SMILES string of the molecule is CCCCCCCCCCCCOC(=O)CC1C(=O)NCCN1S(=O)(=O)c1ccc(Cl)cc1. The highest BCUT2D eigenvalue weighted by molar-refractivity contribution is 7.89. The molecule has 1 aliphatic heterocycles. The molecule has 0 bridgehead atoms. The number of rotatable bonds is 15. The van der Waals surface area contributed by atoms with Gasteiger partial charge in [0.05, 0.1) is 17.9 Å². The summed E-state index contributed by atoms with van der Waals surface area (Å²) in [5, 5.41) is 3.05. The largest absolute Gasteiger partial charge is 0.466 e. The van der Waals surface area contributed by atoms with Gasteiger partial charge in [-0.25, -0.2) is 8.42 Å². The van der Waals surface area contributed by atoms with Gasteiger partial charge < -0.3 is 10.1 Å². The highest BCUT2D eigenvalue weighted by Crippen LogP contribution is 2.23. The minimum atomic E-state index is -3.95. The van der Waals surface area contributed by atoms with Gasteiger partial charge in [-0.05, 0) is 30.7 Å². The van der Waals surface area contributed by atoms with Gasteiger partial charge in [0, 0.05) is 18.1 Å². The number of carbonyl (C=O) groups is 2. The van der Waals surface area contributed by atoms with Crippen LogP contribution in [0.4, 0.5) is 0 Å². The second-order valence-corrected chi connectivity index (χ2v) is 10.8. The number of hydrogen-bond acceptors (Lipinski definition) is 5. The molecule has 1 aromatic rings. The first-order valence-electron chi connectivity index (χ1n) is 12.1. The standard InChI is InChI=1S/C24H37ClN2O5S/c1-2-3-4-5-6-7-8-9-10-11-18-32-23(28)19-22-24(29)26-16-17-27(22)33(30,31)21-14-12-20(25)13-15-21/h12-15,22H,2-11,16-19H2,1H3,(H,26,29). The van der Waals surface area contributed by atoms with Gasteiger partial charge in [0.25, 0.3) is 0 Å². The molecule has 33 heavy (non-hydrogen) atoms. The summed E-state index contributed by atoms with van der Waals surface area (Å²) in [6.45, 7) is 2.78. The van der Waals surface area contributed by atoms with Gasteiger partial charge in [-0.3, -0.25) is 9.59 Å². The summed E-state index contributed by atoms with van der Waals surface area (Å²) < 4.78 is 32.5. The van der Waals surface area contributed by atoms with Gasteiger partial charge in [0.1, 0.15) is 6.04 Å². The van der Waals surface area contributed by atoms with Crippen molar-refractivity contribution in [2.75, 3.05) is 19.7 Å². The van der Waals surface area contributed by atoms with E-state index in [1.807, 2.05) is 0 Å². The van der Waals surface area contributed by atoms with E-state index in [-0.39, 0.29) is 31.0 Å². The molecule has 2 rings (SSSR count). The first kappa shape index (κ1) is 27.6. The van der Waals surface area contributed by atoms with E-state index in [1.165, 1.54) is 69.2 Å². The molecule has 1 aliphatic rings. The van der Waals surface area contributed by atoms with Gasteiger partial charge in [-0.15, -0.1) is 0 Å². The number of unbranched alkanes of at least 4 members (excludes halogenated alkanes) is 9. The van der Waals surface area contributed by atoms with Crippen LogP contribution < -0.4 is 5.32 Å². The molecule has 0 aliphatic carbocycles. The molecule has 186 valence electrons. The van der Waals surface area contributed by atoms with Crippen LogP contribution >= 0.6 is 11.6 Å². The predicted molar refractivity (Wildman–Crippen MR) is 130 cm³/mol. The van der Waals surface area contributed by atoms with Gasteiger partial charge in [0.2, 0.25) is 15.9 Å². The monoisotopic (exact) mass is 500 g/mol. The fraction of sp³-hybridized carbons (Fsp3) is 0.667. The maximum absolute atomic E-state index is 13.0. The van der Waals surface area contributed by atoms with Crippen molar-refractivity contribution >= 4 is 33.5 Å². The van der Waals surface area contributed by atoms with Gasteiger partial charge >= 0.3 is 5.97 Å². The zero-order chi connectivity index (χ0) is 24.1. The molecule has 9 heteroatoms. The molecule has 0 saturated carbocycles. The molecule has 7 nitrogen and oxygen atoms in total. The first-order valence-corrected chi connectivity index (χ1v) is 13.9. The molecule has 1 fully saturated rings. The number of halogens is 1. The summed E-state index contributed by atoms with van der Waals surface area (Å²) in [5.41, 5.74) is 0. The van der Waals surface area contributed by atoms with E-state index >= 15 is 0 Å². The Morgan fingerprint density at radius 2 is 1.61 bits per heavy atom. The van der Waals surface area contributed by atoms with E-state index in [0.717, 1.165) is 23.6 Å². The van der Waals surface area contributed by atoms with Crippen LogP contribution in [0.15, 0.2) is 29.2 Å². The summed E-state index contributed by atoms with van der Waals surface area (Å²) in [5.74, 6) is -1.06. The average Bonchev–Trinajstić information content (AvgIpc) is 2.79. The topological polar surface area (TPSA) is 92.8 Å². The predicted octanol–water partition coefficient (Wildman–Crippen LogP) is 4.68. The van der Waals surface area contributed by atoms with Crippen molar-refractivity contribution in [2.45, 2.75) is 88.5 Å². The summed E-state index contributed by atoms with van der Waals surface area (Å²) in [4.78, 5) is 24.7. The second kappa shape index (κ2) is 14.6. The van der Waals surface area contributed by atoms with Gasteiger partial charge in [-0.1, -0.05) is 76.3 Å². The third-order valence-corrected chi connectivity index (χ3v) is 8.00. The van der Waals surface area contributed by atoms with Crippen molar-refractivity contribution in [1.29, 1.82) is 0 Å². The van der Waals surface area contributed by atoms with Crippen molar-refractivity contribution < 1.29 is 22.7 Å². The van der Waals surface area contributed by atoms with Crippen molar-refractivity contribution in [2.24, 2.45) is 0 Å². The molecule has 1 aromatic carbocycles. The summed E-state index contributed by atoms with van der Waals surface area (Å²) in [6.07, 6.45) is 11.5. The van der Waals surface area contributed by atoms with Crippen LogP contribution in [0, 0.1) is 0 Å². The number of carbonyl (C=O) groups excluding carboxylic acids is 2. The Hall–Kier alpha value is -1.64. The number of amides is 1. The Labute approximate surface area is 203 Å². The van der Waals surface area contributed by atoms with Gasteiger partial charge in [0.15, 0.2) is 0 Å². The highest BCUT2D eigenvalue weighted by atomic mass is 35.5. The Bertz CT molecular complexity index is 845. The van der Waals surface area contributed by atoms with Crippen LogP contribution in [0.5, 0.6) is 0 Å². The quantitative estimate of drug-likeness (QED) is 0.279. The summed E-state index contributed by atoms with van der Waals surface area (Å²) in [7, 11) is -3.95. The molecule has 0 aromatic heterocycles. The molecule has 0 spiro atoms. The molecular weight excluding hydrogens is 464 g/mol. The van der Waals surface area contributed by atoms with Crippen molar-refractivity contribution in [1.82, 2.24) is 9.62 Å². The third kappa shape index (κ3) is 9.26.